The summed E-state index contributed by atoms with van der Waals surface area (Å²) in [5.41, 5.74) is 6.77. The van der Waals surface area contributed by atoms with E-state index >= 15 is 0 Å². The zero-order valence-electron chi connectivity index (χ0n) is 19.1. The second-order valence-corrected chi connectivity index (χ2v) is 8.33. The molecule has 1 aliphatic heterocycles. The van der Waals surface area contributed by atoms with Crippen LogP contribution >= 0.6 is 0 Å². The minimum Gasteiger partial charge on any atom is -0.452 e. The van der Waals surface area contributed by atoms with Crippen LogP contribution in [0.2, 0.25) is 0 Å². The molecule has 0 unspecified atom stereocenters. The molecule has 2 heterocycles. The summed E-state index contributed by atoms with van der Waals surface area (Å²) in [5.74, 6) is 0.741. The second-order valence-electron chi connectivity index (χ2n) is 8.33. The maximum Gasteiger partial charge on any atom is 0.425 e. The number of rotatable bonds is 4. The third kappa shape index (κ3) is 4.84. The van der Waals surface area contributed by atoms with Crippen LogP contribution in [0.15, 0.2) is 60.8 Å². The number of amides is 3. The first kappa shape index (κ1) is 22.4. The third-order valence-corrected chi connectivity index (χ3v) is 5.83. The van der Waals surface area contributed by atoms with Gasteiger partial charge in [-0.05, 0) is 43.4 Å². The molecule has 8 heteroatoms. The Morgan fingerprint density at radius 2 is 1.76 bits per heavy atom. The van der Waals surface area contributed by atoms with E-state index in [0.29, 0.717) is 6.54 Å². The van der Waals surface area contributed by atoms with E-state index in [9.17, 15) is 9.59 Å². The zero-order chi connectivity index (χ0) is 23.4. The van der Waals surface area contributed by atoms with Crippen molar-refractivity contribution < 1.29 is 14.3 Å². The molecule has 3 aromatic rings. The van der Waals surface area contributed by atoms with Crippen LogP contribution in [0.4, 0.5) is 9.59 Å². The van der Waals surface area contributed by atoms with Crippen molar-refractivity contribution in [3.8, 4) is 22.4 Å². The molecule has 33 heavy (non-hydrogen) atoms. The number of imidazole rings is 1. The zero-order valence-corrected chi connectivity index (χ0v) is 19.1. The lowest BCUT2D eigenvalue weighted by Crippen LogP contribution is -2.54. The number of hydrogen-bond acceptors (Lipinski definition) is 4. The van der Waals surface area contributed by atoms with Gasteiger partial charge in [0.1, 0.15) is 5.82 Å². The molecule has 1 saturated heterocycles. The quantitative estimate of drug-likeness (QED) is 0.552. The van der Waals surface area contributed by atoms with Crippen molar-refractivity contribution >= 4 is 12.1 Å². The van der Waals surface area contributed by atoms with Crippen molar-refractivity contribution in [2.75, 3.05) is 13.7 Å². The number of hydrazine groups is 1. The number of aromatic nitrogens is 2. The fourth-order valence-electron chi connectivity index (χ4n) is 4.09. The molecule has 8 nitrogen and oxygen atoms in total. The van der Waals surface area contributed by atoms with E-state index in [1.807, 2.05) is 32.0 Å². The van der Waals surface area contributed by atoms with Crippen LogP contribution < -0.4 is 5.43 Å². The van der Waals surface area contributed by atoms with Gasteiger partial charge in [0.2, 0.25) is 0 Å². The summed E-state index contributed by atoms with van der Waals surface area (Å²) in [7, 11) is 1.27. The fraction of sp³-hybridized carbons (Fsp3) is 0.320. The lowest BCUT2D eigenvalue weighted by molar-refractivity contribution is 0.0916. The summed E-state index contributed by atoms with van der Waals surface area (Å²) in [6.45, 7) is 4.27. The Kier molecular flexibility index (Phi) is 6.63. The molecule has 0 saturated carbocycles. The monoisotopic (exact) mass is 447 g/mol. The van der Waals surface area contributed by atoms with E-state index in [0.717, 1.165) is 35.5 Å². The van der Waals surface area contributed by atoms with Crippen molar-refractivity contribution in [3.05, 3.63) is 66.6 Å². The molecule has 3 amide bonds. The Hall–Kier alpha value is -3.81. The first-order valence-corrected chi connectivity index (χ1v) is 11.1. The van der Waals surface area contributed by atoms with E-state index in [2.05, 4.69) is 56.5 Å². The molecule has 2 N–H and O–H groups in total. The van der Waals surface area contributed by atoms with Crippen molar-refractivity contribution in [3.63, 3.8) is 0 Å². The molecule has 0 spiro atoms. The second kappa shape index (κ2) is 9.77. The van der Waals surface area contributed by atoms with E-state index < -0.39 is 6.09 Å². The highest BCUT2D eigenvalue weighted by Crippen LogP contribution is 2.33. The van der Waals surface area contributed by atoms with E-state index in [1.165, 1.54) is 17.7 Å². The standard InChI is InChI=1S/C25H29N5O3/c1-17(2)30(28-24(31)33-3)25(32)29-15-7-10-22(29)23-26-16-21(27-23)20-13-11-19(12-14-20)18-8-5-4-6-9-18/h4-6,8-9,11-14,16-17,22H,7,10,15H2,1-3H3,(H,26,27)(H,28,31)/t22-/m0/s1. The summed E-state index contributed by atoms with van der Waals surface area (Å²) in [5, 5.41) is 1.30. The van der Waals surface area contributed by atoms with Crippen molar-refractivity contribution in [2.45, 2.75) is 38.8 Å². The Balaban J connectivity index is 1.51. The highest BCUT2D eigenvalue weighted by molar-refractivity contribution is 5.79. The molecule has 0 radical (unpaired) electrons. The number of methoxy groups -OCH3 is 1. The van der Waals surface area contributed by atoms with Crippen LogP contribution in [0.25, 0.3) is 22.4 Å². The third-order valence-electron chi connectivity index (χ3n) is 5.83. The van der Waals surface area contributed by atoms with Gasteiger partial charge in [0.25, 0.3) is 0 Å². The number of nitrogens with one attached hydrogen (secondary N) is 2. The maximum atomic E-state index is 13.2. The van der Waals surface area contributed by atoms with Gasteiger partial charge in [-0.1, -0.05) is 54.6 Å². The van der Waals surface area contributed by atoms with Gasteiger partial charge in [-0.2, -0.15) is 0 Å². The molecule has 4 rings (SSSR count). The lowest BCUT2D eigenvalue weighted by Gasteiger charge is -2.33. The molecule has 1 aromatic heterocycles. The molecule has 1 fully saturated rings. The number of urea groups is 1. The number of likely N-dealkylation sites (tertiary alicyclic amines) is 1. The summed E-state index contributed by atoms with van der Waals surface area (Å²) < 4.78 is 4.66. The topological polar surface area (TPSA) is 90.6 Å². The normalized spacial score (nSPS) is 15.5. The molecule has 0 bridgehead atoms. The Morgan fingerprint density at radius 1 is 1.09 bits per heavy atom. The minimum absolute atomic E-state index is 0.185. The van der Waals surface area contributed by atoms with Crippen LogP contribution in [0, 0.1) is 0 Å². The number of carbonyl (C=O) groups excluding carboxylic acids is 2. The number of aromatic amines is 1. The van der Waals surface area contributed by atoms with Crippen LogP contribution in [-0.2, 0) is 4.74 Å². The van der Waals surface area contributed by atoms with E-state index in [-0.39, 0.29) is 18.1 Å². The van der Waals surface area contributed by atoms with Crippen LogP contribution in [0.5, 0.6) is 0 Å². The van der Waals surface area contributed by atoms with Gasteiger partial charge in [-0.15, -0.1) is 0 Å². The van der Waals surface area contributed by atoms with Gasteiger partial charge in [-0.25, -0.2) is 25.0 Å². The largest absolute Gasteiger partial charge is 0.452 e. The van der Waals surface area contributed by atoms with Gasteiger partial charge < -0.3 is 14.6 Å². The molecule has 1 aliphatic rings. The highest BCUT2D eigenvalue weighted by atomic mass is 16.5. The highest BCUT2D eigenvalue weighted by Gasteiger charge is 2.36. The maximum absolute atomic E-state index is 13.2. The smallest absolute Gasteiger partial charge is 0.425 e. The van der Waals surface area contributed by atoms with Gasteiger partial charge in [0, 0.05) is 12.6 Å². The number of nitrogens with zero attached hydrogens (tertiary/aromatic N) is 3. The number of carbonyl (C=O) groups is 2. The molecular weight excluding hydrogens is 418 g/mol. The van der Waals surface area contributed by atoms with Crippen LogP contribution in [0.1, 0.15) is 38.6 Å². The predicted octanol–water partition coefficient (Wildman–Crippen LogP) is 4.98. The van der Waals surface area contributed by atoms with Gasteiger partial charge >= 0.3 is 12.1 Å². The molecular formula is C25H29N5O3. The number of hydrogen-bond donors (Lipinski definition) is 2. The lowest BCUT2D eigenvalue weighted by atomic mass is 10.0. The number of ether oxygens (including phenoxy) is 1. The molecule has 1 atom stereocenters. The summed E-state index contributed by atoms with van der Waals surface area (Å²) in [6.07, 6.45) is 2.80. The van der Waals surface area contributed by atoms with Crippen molar-refractivity contribution in [2.24, 2.45) is 0 Å². The first-order valence-electron chi connectivity index (χ1n) is 11.1. The summed E-state index contributed by atoms with van der Waals surface area (Å²) >= 11 is 0. The Bertz CT molecular complexity index is 1090. The SMILES string of the molecule is COC(=O)NN(C(=O)N1CCC[C@H]1c1ncc(-c2ccc(-c3ccccc3)cc2)[nH]1)C(C)C. The summed E-state index contributed by atoms with van der Waals surface area (Å²) in [4.78, 5) is 34.7. The molecule has 0 aliphatic carbocycles. The molecule has 2 aromatic carbocycles. The minimum atomic E-state index is -0.674. The van der Waals surface area contributed by atoms with Crippen LogP contribution in [0.3, 0.4) is 0 Å². The Morgan fingerprint density at radius 3 is 2.42 bits per heavy atom. The first-order chi connectivity index (χ1) is 16.0. The van der Waals surface area contributed by atoms with E-state index in [4.69, 9.17) is 0 Å². The number of H-pyrrole nitrogens is 1. The van der Waals surface area contributed by atoms with E-state index in [1.54, 1.807) is 11.1 Å². The van der Waals surface area contributed by atoms with Gasteiger partial charge in [0.05, 0.1) is 25.0 Å². The van der Waals surface area contributed by atoms with Gasteiger partial charge in [-0.3, -0.25) is 0 Å². The van der Waals surface area contributed by atoms with Crippen molar-refractivity contribution in [1.29, 1.82) is 0 Å². The number of benzene rings is 2. The van der Waals surface area contributed by atoms with Crippen LogP contribution in [-0.4, -0.2) is 51.7 Å². The average molecular weight is 448 g/mol. The van der Waals surface area contributed by atoms with Crippen molar-refractivity contribution in [1.82, 2.24) is 25.3 Å². The fourth-order valence-corrected chi connectivity index (χ4v) is 4.09. The summed E-state index contributed by atoms with van der Waals surface area (Å²) in [6, 6.07) is 17.9. The Labute approximate surface area is 193 Å². The predicted molar refractivity (Wildman–Crippen MR) is 126 cm³/mol. The molecule has 172 valence electrons. The average Bonchev–Trinajstić information content (AvgIpc) is 3.52. The van der Waals surface area contributed by atoms with Gasteiger partial charge in [0.15, 0.2) is 0 Å².